The van der Waals surface area contributed by atoms with Crippen LogP contribution in [0.2, 0.25) is 5.15 Å². The van der Waals surface area contributed by atoms with Gasteiger partial charge in [0.2, 0.25) is 5.95 Å². The maximum absolute atomic E-state index is 11.0. The Labute approximate surface area is 91.3 Å². The van der Waals surface area contributed by atoms with E-state index in [1.165, 1.54) is 0 Å². The number of nitrogen functional groups attached to an aromatic ring is 1. The van der Waals surface area contributed by atoms with Gasteiger partial charge in [-0.2, -0.15) is 0 Å². The Morgan fingerprint density at radius 2 is 2.13 bits per heavy atom. The highest BCUT2D eigenvalue weighted by atomic mass is 35.5. The molecule has 15 heavy (non-hydrogen) atoms. The van der Waals surface area contributed by atoms with E-state index in [4.69, 9.17) is 22.4 Å². The molecule has 2 rings (SSSR count). The van der Waals surface area contributed by atoms with Crippen molar-refractivity contribution in [2.24, 2.45) is 0 Å². The van der Waals surface area contributed by atoms with Crippen LogP contribution >= 0.6 is 11.6 Å². The average Bonchev–Trinajstić information content (AvgIpc) is 2.05. The highest BCUT2D eigenvalue weighted by Gasteiger charge is 2.29. The summed E-state index contributed by atoms with van der Waals surface area (Å²) < 4.78 is 0. The van der Waals surface area contributed by atoms with Crippen LogP contribution in [-0.2, 0) is 0 Å². The molecule has 3 N–H and O–H groups in total. The second-order valence-electron chi connectivity index (χ2n) is 3.57. The van der Waals surface area contributed by atoms with Crippen LogP contribution in [0, 0.1) is 0 Å². The second kappa shape index (κ2) is 3.66. The topological polar surface area (TPSA) is 89.1 Å². The van der Waals surface area contributed by atoms with E-state index in [-0.39, 0.29) is 22.7 Å². The van der Waals surface area contributed by atoms with E-state index in [2.05, 4.69) is 9.97 Å². The van der Waals surface area contributed by atoms with Crippen molar-refractivity contribution in [3.05, 3.63) is 16.4 Å². The summed E-state index contributed by atoms with van der Waals surface area (Å²) in [6.45, 7) is 0. The normalized spacial score (nSPS) is 16.1. The molecule has 1 saturated carbocycles. The average molecular weight is 228 g/mol. The summed E-state index contributed by atoms with van der Waals surface area (Å²) in [5.41, 5.74) is 5.83. The first-order chi connectivity index (χ1) is 7.09. The van der Waals surface area contributed by atoms with Crippen molar-refractivity contribution in [3.8, 4) is 0 Å². The van der Waals surface area contributed by atoms with E-state index in [0.717, 1.165) is 19.3 Å². The van der Waals surface area contributed by atoms with Crippen LogP contribution in [0.3, 0.4) is 0 Å². The summed E-state index contributed by atoms with van der Waals surface area (Å²) in [7, 11) is 0. The Kier molecular flexibility index (Phi) is 2.48. The lowest BCUT2D eigenvalue weighted by Crippen LogP contribution is -2.18. The zero-order valence-corrected chi connectivity index (χ0v) is 8.66. The van der Waals surface area contributed by atoms with Gasteiger partial charge in [0.1, 0.15) is 5.15 Å². The largest absolute Gasteiger partial charge is 0.476 e. The molecule has 1 aromatic rings. The van der Waals surface area contributed by atoms with Gasteiger partial charge in [0.15, 0.2) is 5.69 Å². The Balaban J connectivity index is 2.53. The molecule has 1 aliphatic carbocycles. The third kappa shape index (κ3) is 1.74. The van der Waals surface area contributed by atoms with Gasteiger partial charge in [-0.15, -0.1) is 0 Å². The first kappa shape index (κ1) is 10.2. The van der Waals surface area contributed by atoms with Gasteiger partial charge in [-0.1, -0.05) is 18.0 Å². The Morgan fingerprint density at radius 3 is 2.60 bits per heavy atom. The van der Waals surface area contributed by atoms with Crippen LogP contribution in [0.4, 0.5) is 5.95 Å². The van der Waals surface area contributed by atoms with E-state index in [1.807, 2.05) is 0 Å². The van der Waals surface area contributed by atoms with Gasteiger partial charge in [-0.25, -0.2) is 14.8 Å². The smallest absolute Gasteiger partial charge is 0.355 e. The number of carboxylic acid groups (broad SMARTS) is 1. The van der Waals surface area contributed by atoms with E-state index in [1.54, 1.807) is 0 Å². The highest BCUT2D eigenvalue weighted by molar-refractivity contribution is 6.30. The van der Waals surface area contributed by atoms with Gasteiger partial charge in [0.25, 0.3) is 0 Å². The van der Waals surface area contributed by atoms with Crippen LogP contribution in [-0.4, -0.2) is 21.0 Å². The minimum atomic E-state index is -1.10. The quantitative estimate of drug-likeness (QED) is 0.751. The monoisotopic (exact) mass is 227 g/mol. The number of aromatic carboxylic acids is 1. The lowest BCUT2D eigenvalue weighted by Gasteiger charge is -2.26. The Hall–Kier alpha value is -1.36. The molecule has 6 heteroatoms. The van der Waals surface area contributed by atoms with Crippen LogP contribution in [0.15, 0.2) is 0 Å². The molecule has 0 aromatic carbocycles. The lowest BCUT2D eigenvalue weighted by atomic mass is 9.80. The molecule has 1 aliphatic rings. The molecule has 0 atom stereocenters. The van der Waals surface area contributed by atoms with Gasteiger partial charge < -0.3 is 10.8 Å². The molecule has 0 radical (unpaired) electrons. The number of halogens is 1. The maximum Gasteiger partial charge on any atom is 0.355 e. The molecule has 1 fully saturated rings. The van der Waals surface area contributed by atoms with Gasteiger partial charge in [0, 0.05) is 5.56 Å². The number of aromatic nitrogens is 2. The Morgan fingerprint density at radius 1 is 1.47 bits per heavy atom. The number of anilines is 1. The minimum absolute atomic E-state index is 0.0581. The number of nitrogens with two attached hydrogens (primary N) is 1. The number of rotatable bonds is 2. The molecule has 0 amide bonds. The van der Waals surface area contributed by atoms with Crippen LogP contribution in [0.5, 0.6) is 0 Å². The van der Waals surface area contributed by atoms with Crippen LogP contribution in [0.25, 0.3) is 0 Å². The standard InChI is InChI=1S/C9H10ClN3O2/c10-7-5(4-2-1-3-4)6(8(14)15)12-9(11)13-7/h4H,1-3H2,(H,14,15)(H2,11,12,13). The minimum Gasteiger partial charge on any atom is -0.476 e. The number of hydrogen-bond acceptors (Lipinski definition) is 4. The summed E-state index contributed by atoms with van der Waals surface area (Å²) in [6, 6.07) is 0. The van der Waals surface area contributed by atoms with Gasteiger partial charge in [-0.05, 0) is 18.8 Å². The molecule has 0 saturated heterocycles. The number of hydrogen-bond donors (Lipinski definition) is 2. The van der Waals surface area contributed by atoms with Gasteiger partial charge in [0.05, 0.1) is 0 Å². The fourth-order valence-electron chi connectivity index (χ4n) is 1.68. The van der Waals surface area contributed by atoms with Crippen molar-refractivity contribution in [3.63, 3.8) is 0 Å². The third-order valence-corrected chi connectivity index (χ3v) is 2.92. The summed E-state index contributed by atoms with van der Waals surface area (Å²) in [4.78, 5) is 18.5. The summed E-state index contributed by atoms with van der Waals surface area (Å²) in [5, 5.41) is 9.15. The van der Waals surface area contributed by atoms with Crippen molar-refractivity contribution in [2.75, 3.05) is 5.73 Å². The van der Waals surface area contributed by atoms with Crippen molar-refractivity contribution in [2.45, 2.75) is 25.2 Å². The fraction of sp³-hybridized carbons (Fsp3) is 0.444. The molecule has 80 valence electrons. The first-order valence-electron chi connectivity index (χ1n) is 4.65. The molecule has 5 nitrogen and oxygen atoms in total. The number of carbonyl (C=O) groups is 1. The summed E-state index contributed by atoms with van der Waals surface area (Å²) >= 11 is 5.89. The Bertz CT molecular complexity index is 418. The van der Waals surface area contributed by atoms with E-state index in [0.29, 0.717) is 5.56 Å². The number of nitrogens with zero attached hydrogens (tertiary/aromatic N) is 2. The van der Waals surface area contributed by atoms with Crippen molar-refractivity contribution in [1.29, 1.82) is 0 Å². The second-order valence-corrected chi connectivity index (χ2v) is 3.93. The molecular weight excluding hydrogens is 218 g/mol. The van der Waals surface area contributed by atoms with Crippen LogP contribution < -0.4 is 5.73 Å². The predicted molar refractivity (Wildman–Crippen MR) is 55.0 cm³/mol. The van der Waals surface area contributed by atoms with E-state index < -0.39 is 5.97 Å². The van der Waals surface area contributed by atoms with Crippen LogP contribution in [0.1, 0.15) is 41.2 Å². The van der Waals surface area contributed by atoms with E-state index in [9.17, 15) is 4.79 Å². The molecule has 1 aromatic heterocycles. The molecule has 0 unspecified atom stereocenters. The first-order valence-corrected chi connectivity index (χ1v) is 5.03. The molecule has 0 spiro atoms. The summed E-state index contributed by atoms with van der Waals surface area (Å²) in [6.07, 6.45) is 2.96. The van der Waals surface area contributed by atoms with Crippen molar-refractivity contribution in [1.82, 2.24) is 9.97 Å². The summed E-state index contributed by atoms with van der Waals surface area (Å²) in [5.74, 6) is -1.03. The van der Waals surface area contributed by atoms with Crippen molar-refractivity contribution >= 4 is 23.5 Å². The zero-order valence-electron chi connectivity index (χ0n) is 7.90. The predicted octanol–water partition coefficient (Wildman–Crippen LogP) is 1.68. The molecule has 0 aliphatic heterocycles. The third-order valence-electron chi connectivity index (χ3n) is 2.63. The van der Waals surface area contributed by atoms with Crippen molar-refractivity contribution < 1.29 is 9.90 Å². The van der Waals surface area contributed by atoms with Gasteiger partial charge in [-0.3, -0.25) is 0 Å². The molecular formula is C9H10ClN3O2. The lowest BCUT2D eigenvalue weighted by molar-refractivity contribution is 0.0687. The SMILES string of the molecule is Nc1nc(Cl)c(C2CCC2)c(C(=O)O)n1. The molecule has 0 bridgehead atoms. The zero-order chi connectivity index (χ0) is 11.0. The fourth-order valence-corrected chi connectivity index (χ4v) is 2.01. The number of carboxylic acids is 1. The maximum atomic E-state index is 11.0. The highest BCUT2D eigenvalue weighted by Crippen LogP contribution is 2.40. The van der Waals surface area contributed by atoms with E-state index >= 15 is 0 Å². The van der Waals surface area contributed by atoms with Gasteiger partial charge >= 0.3 is 5.97 Å². The molecule has 1 heterocycles.